The van der Waals surface area contributed by atoms with E-state index in [-0.39, 0.29) is 11.5 Å². The van der Waals surface area contributed by atoms with Gasteiger partial charge in [0.1, 0.15) is 17.3 Å². The number of rotatable bonds is 2. The first kappa shape index (κ1) is 13.2. The van der Waals surface area contributed by atoms with Gasteiger partial charge < -0.3 is 13.9 Å². The minimum atomic E-state index is -0.422. The van der Waals surface area contributed by atoms with Crippen molar-refractivity contribution < 1.29 is 23.5 Å². The van der Waals surface area contributed by atoms with E-state index >= 15 is 0 Å². The lowest BCUT2D eigenvalue weighted by Gasteiger charge is -2.08. The average molecular weight is 284 g/mol. The Bertz CT molecular complexity index is 753. The summed E-state index contributed by atoms with van der Waals surface area (Å²) in [5.41, 5.74) is 1.06. The van der Waals surface area contributed by atoms with Gasteiger partial charge in [-0.15, -0.1) is 0 Å². The lowest BCUT2D eigenvalue weighted by molar-refractivity contribution is -0.131. The smallest absolute Gasteiger partial charge is 0.308 e. The number of benzene rings is 1. The topological polar surface area (TPSA) is 65.7 Å². The van der Waals surface area contributed by atoms with Crippen LogP contribution in [0.4, 0.5) is 0 Å². The third-order valence-corrected chi connectivity index (χ3v) is 3.11. The van der Waals surface area contributed by atoms with Crippen molar-refractivity contribution in [3.8, 4) is 11.5 Å². The minimum Gasteiger partial charge on any atom is -0.465 e. The fraction of sp³-hybridized carbons (Fsp3) is 0.125. The third kappa shape index (κ3) is 2.33. The lowest BCUT2D eigenvalue weighted by atomic mass is 10.1. The fourth-order valence-corrected chi connectivity index (χ4v) is 2.14. The van der Waals surface area contributed by atoms with Crippen LogP contribution in [0.2, 0.25) is 0 Å². The summed E-state index contributed by atoms with van der Waals surface area (Å²) in [6.45, 7) is 3.06. The van der Waals surface area contributed by atoms with E-state index in [1.165, 1.54) is 19.3 Å². The molecule has 2 aromatic rings. The van der Waals surface area contributed by atoms with E-state index in [4.69, 9.17) is 13.9 Å². The second-order valence-corrected chi connectivity index (χ2v) is 4.61. The number of carbonyl (C=O) groups is 2. The molecule has 0 atom stereocenters. The molecule has 21 heavy (non-hydrogen) atoms. The van der Waals surface area contributed by atoms with Gasteiger partial charge in [-0.3, -0.25) is 9.59 Å². The molecule has 5 heteroatoms. The molecular weight excluding hydrogens is 272 g/mol. The second-order valence-electron chi connectivity index (χ2n) is 4.61. The average Bonchev–Trinajstić information content (AvgIpc) is 3.04. The summed E-state index contributed by atoms with van der Waals surface area (Å²) in [5.74, 6) is 0.865. The van der Waals surface area contributed by atoms with Crippen LogP contribution in [0.3, 0.4) is 0 Å². The Labute approximate surface area is 120 Å². The van der Waals surface area contributed by atoms with Crippen molar-refractivity contribution in [2.24, 2.45) is 0 Å². The van der Waals surface area contributed by atoms with Crippen molar-refractivity contribution >= 4 is 17.8 Å². The first-order valence-corrected chi connectivity index (χ1v) is 6.36. The number of ether oxygens (including phenoxy) is 2. The molecule has 1 aliphatic rings. The van der Waals surface area contributed by atoms with E-state index in [0.717, 1.165) is 0 Å². The van der Waals surface area contributed by atoms with Crippen molar-refractivity contribution in [2.75, 3.05) is 0 Å². The zero-order valence-electron chi connectivity index (χ0n) is 11.5. The number of hydrogen-bond acceptors (Lipinski definition) is 5. The normalized spacial score (nSPS) is 15.0. The van der Waals surface area contributed by atoms with Crippen LogP contribution in [-0.4, -0.2) is 11.8 Å². The molecule has 0 spiro atoms. The largest absolute Gasteiger partial charge is 0.465 e. The molecule has 1 aliphatic heterocycles. The molecule has 0 saturated carbocycles. The summed E-state index contributed by atoms with van der Waals surface area (Å²) in [4.78, 5) is 23.3. The molecular formula is C16H12O5. The van der Waals surface area contributed by atoms with Gasteiger partial charge in [0, 0.05) is 18.6 Å². The summed E-state index contributed by atoms with van der Waals surface area (Å²) in [6, 6.07) is 6.63. The van der Waals surface area contributed by atoms with E-state index < -0.39 is 5.97 Å². The molecule has 1 aromatic carbocycles. The van der Waals surface area contributed by atoms with Crippen LogP contribution in [0.5, 0.6) is 11.5 Å². The van der Waals surface area contributed by atoms with Gasteiger partial charge in [0.2, 0.25) is 5.78 Å². The molecule has 0 aliphatic carbocycles. The summed E-state index contributed by atoms with van der Waals surface area (Å²) in [6.07, 6.45) is 3.05. The predicted octanol–water partition coefficient (Wildman–Crippen LogP) is 3.13. The van der Waals surface area contributed by atoms with Crippen LogP contribution in [0.25, 0.3) is 6.08 Å². The maximum absolute atomic E-state index is 12.3. The number of ketones is 1. The third-order valence-electron chi connectivity index (χ3n) is 3.11. The number of allylic oxidation sites excluding steroid dienone is 1. The van der Waals surface area contributed by atoms with Crippen molar-refractivity contribution in [3.63, 3.8) is 0 Å². The van der Waals surface area contributed by atoms with Gasteiger partial charge >= 0.3 is 5.97 Å². The Kier molecular flexibility index (Phi) is 3.10. The number of furan rings is 1. The first-order valence-electron chi connectivity index (χ1n) is 6.36. The zero-order chi connectivity index (χ0) is 15.0. The Morgan fingerprint density at radius 1 is 1.29 bits per heavy atom. The van der Waals surface area contributed by atoms with Crippen LogP contribution in [0.1, 0.15) is 28.6 Å². The van der Waals surface area contributed by atoms with Gasteiger partial charge in [0.15, 0.2) is 5.76 Å². The molecule has 106 valence electrons. The van der Waals surface area contributed by atoms with Crippen LogP contribution in [0, 0.1) is 6.92 Å². The monoisotopic (exact) mass is 284 g/mol. The lowest BCUT2D eigenvalue weighted by Crippen LogP contribution is -2.03. The number of fused-ring (bicyclic) bond motifs is 1. The highest BCUT2D eigenvalue weighted by molar-refractivity contribution is 6.14. The Balaban J connectivity index is 1.99. The van der Waals surface area contributed by atoms with Crippen molar-refractivity contribution in [1.82, 2.24) is 0 Å². The number of carbonyl (C=O) groups excluding carboxylic acids is 2. The first-order chi connectivity index (χ1) is 10.1. The minimum absolute atomic E-state index is 0.183. The molecule has 0 radical (unpaired) electrons. The van der Waals surface area contributed by atoms with Gasteiger partial charge in [-0.25, -0.2) is 0 Å². The molecule has 0 unspecified atom stereocenters. The molecule has 5 nitrogen and oxygen atoms in total. The highest BCUT2D eigenvalue weighted by Gasteiger charge is 2.30. The number of hydrogen-bond donors (Lipinski definition) is 0. The predicted molar refractivity (Wildman–Crippen MR) is 74.1 cm³/mol. The maximum atomic E-state index is 12.3. The summed E-state index contributed by atoms with van der Waals surface area (Å²) in [5, 5.41) is 0. The molecule has 1 aromatic heterocycles. The van der Waals surface area contributed by atoms with Crippen LogP contribution >= 0.6 is 0 Å². The maximum Gasteiger partial charge on any atom is 0.308 e. The van der Waals surface area contributed by atoms with E-state index in [0.29, 0.717) is 28.4 Å². The Hall–Kier alpha value is -2.82. The summed E-state index contributed by atoms with van der Waals surface area (Å²) < 4.78 is 15.9. The number of esters is 1. The van der Waals surface area contributed by atoms with Crippen molar-refractivity contribution in [2.45, 2.75) is 13.8 Å². The van der Waals surface area contributed by atoms with E-state index in [2.05, 4.69) is 0 Å². The highest BCUT2D eigenvalue weighted by atomic mass is 16.5. The second kappa shape index (κ2) is 4.94. The quantitative estimate of drug-likeness (QED) is 0.481. The van der Waals surface area contributed by atoms with E-state index in [9.17, 15) is 9.59 Å². The highest BCUT2D eigenvalue weighted by Crippen LogP contribution is 2.39. The van der Waals surface area contributed by atoms with Crippen LogP contribution < -0.4 is 9.47 Å². The fourth-order valence-electron chi connectivity index (χ4n) is 2.14. The van der Waals surface area contributed by atoms with Gasteiger partial charge in [0.05, 0.1) is 11.8 Å². The molecule has 0 bridgehead atoms. The summed E-state index contributed by atoms with van der Waals surface area (Å²) >= 11 is 0. The SMILES string of the molecule is CC(=O)Oc1ccc2c(c1C)OC(=Cc1ccco1)C2=O. The van der Waals surface area contributed by atoms with Gasteiger partial charge in [0.25, 0.3) is 0 Å². The van der Waals surface area contributed by atoms with Gasteiger partial charge in [-0.1, -0.05) is 0 Å². The molecule has 2 heterocycles. The van der Waals surface area contributed by atoms with Crippen LogP contribution in [-0.2, 0) is 4.79 Å². The van der Waals surface area contributed by atoms with E-state index in [1.54, 1.807) is 31.2 Å². The van der Waals surface area contributed by atoms with Crippen LogP contribution in [0.15, 0.2) is 40.7 Å². The van der Waals surface area contributed by atoms with Crippen molar-refractivity contribution in [1.29, 1.82) is 0 Å². The Morgan fingerprint density at radius 3 is 2.76 bits per heavy atom. The summed E-state index contributed by atoms with van der Waals surface area (Å²) in [7, 11) is 0. The van der Waals surface area contributed by atoms with Gasteiger partial charge in [-0.2, -0.15) is 0 Å². The van der Waals surface area contributed by atoms with Gasteiger partial charge in [-0.05, 0) is 31.2 Å². The van der Waals surface area contributed by atoms with E-state index in [1.807, 2.05) is 0 Å². The molecule has 0 fully saturated rings. The standard InChI is InChI=1S/C16H12O5/c1-9-13(20-10(2)17)6-5-12-15(18)14(21-16(9)12)8-11-4-3-7-19-11/h3-8H,1-2H3. The number of Topliss-reactive ketones (excluding diaryl/α,β-unsaturated/α-hetero) is 1. The van der Waals surface area contributed by atoms with Crippen molar-refractivity contribution in [3.05, 3.63) is 53.2 Å². The zero-order valence-corrected chi connectivity index (χ0v) is 11.5. The molecule has 0 amide bonds. The molecule has 3 rings (SSSR count). The Morgan fingerprint density at radius 2 is 2.10 bits per heavy atom. The molecule has 0 N–H and O–H groups in total. The molecule has 0 saturated heterocycles.